The number of furan rings is 1. The van der Waals surface area contributed by atoms with E-state index in [4.69, 9.17) is 4.42 Å². The summed E-state index contributed by atoms with van der Waals surface area (Å²) in [5.74, 6) is 0. The van der Waals surface area contributed by atoms with Crippen LogP contribution in [0.2, 0.25) is 0 Å². The highest BCUT2D eigenvalue weighted by Gasteiger charge is 2.29. The van der Waals surface area contributed by atoms with Crippen molar-refractivity contribution in [1.29, 1.82) is 0 Å². The van der Waals surface area contributed by atoms with Crippen molar-refractivity contribution in [3.05, 3.63) is 352 Å². The molecular weight excluding hydrogens is 1350 g/mol. The summed E-state index contributed by atoms with van der Waals surface area (Å²) in [5, 5.41) is 24.6. The molecule has 0 spiro atoms. The van der Waals surface area contributed by atoms with Gasteiger partial charge in [0.25, 0.3) is 0 Å². The van der Waals surface area contributed by atoms with Gasteiger partial charge < -0.3 is 22.4 Å². The minimum Gasteiger partial charge on any atom is -0.456 e. The zero-order valence-electron chi connectivity index (χ0n) is 59.1. The summed E-state index contributed by atoms with van der Waals surface area (Å²) >= 11 is 1.89. The Labute approximate surface area is 631 Å². The molecule has 26 aromatic rings. The first-order valence-electron chi connectivity index (χ1n) is 37.9. The van der Waals surface area contributed by atoms with E-state index in [9.17, 15) is 0 Å². The zero-order chi connectivity index (χ0) is 71.3. The fourth-order valence-corrected chi connectivity index (χ4v) is 20.9. The Balaban J connectivity index is 0.675. The van der Waals surface area contributed by atoms with E-state index < -0.39 is 0 Å². The molecule has 0 fully saturated rings. The molecule has 26 rings (SSSR count). The highest BCUT2D eigenvalue weighted by Crippen LogP contribution is 2.53. The van der Waals surface area contributed by atoms with Gasteiger partial charge in [-0.15, -0.1) is 11.3 Å². The van der Waals surface area contributed by atoms with Gasteiger partial charge in [0.05, 0.1) is 60.9 Å². The zero-order valence-corrected chi connectivity index (χ0v) is 59.9. The van der Waals surface area contributed by atoms with Crippen LogP contribution in [0.5, 0.6) is 0 Å². The predicted octanol–water partition coefficient (Wildman–Crippen LogP) is 29.1. The number of aromatic nitrogens is 4. The van der Waals surface area contributed by atoms with Gasteiger partial charge in [-0.25, -0.2) is 0 Å². The van der Waals surface area contributed by atoms with Gasteiger partial charge in [0.1, 0.15) is 11.2 Å². The summed E-state index contributed by atoms with van der Waals surface area (Å²) in [7, 11) is 0. The molecule has 0 radical (unpaired) electrons. The molecule has 0 saturated heterocycles. The number of hydrogen-bond acceptors (Lipinski definition) is 2. The lowest BCUT2D eigenvalue weighted by atomic mass is 9.94. The standard InChI is InChI=1S/C104H58N4OS/c1-3-19-59(20-4-1)65-41-44-73-83-57-92-99(101-77-27-11-16-32-87(77)107(103(83)101)88(73)50-65)76-26-10-15-31-86(76)106(92)72-54-82(98-80-29-13-18-34-95(80)110-96(98)56-72)69-40-37-62-35-38-64(48-70(62)49-69)67-43-46-78-90(52-67)108-89-51-66(60-21-5-2-6-22-60)42-45-74(89)84-58-91-100(102(78)104(84)108)75-25-9-14-30-85(75)105(91)71-53-81(68-39-36-61-23-7-8-24-63(61)47-68)97-79-28-12-17-33-93(79)109-94(97)55-71/h1-58H. The van der Waals surface area contributed by atoms with Gasteiger partial charge in [-0.3, -0.25) is 0 Å². The molecular formula is C104H58N4OS. The lowest BCUT2D eigenvalue weighted by molar-refractivity contribution is 0.668. The van der Waals surface area contributed by atoms with Crippen LogP contribution in [0.4, 0.5) is 0 Å². The van der Waals surface area contributed by atoms with Crippen molar-refractivity contribution in [3.63, 3.8) is 0 Å². The minimum absolute atomic E-state index is 0.861. The third-order valence-corrected chi connectivity index (χ3v) is 25.6. The molecule has 8 heterocycles. The number of rotatable bonds is 7. The molecule has 18 aromatic carbocycles. The smallest absolute Gasteiger partial charge is 0.138 e. The molecule has 0 atom stereocenters. The molecule has 0 amide bonds. The molecule has 0 aliphatic heterocycles. The second-order valence-electron chi connectivity index (χ2n) is 30.2. The topological polar surface area (TPSA) is 31.8 Å². The van der Waals surface area contributed by atoms with E-state index in [0.717, 1.165) is 61.0 Å². The van der Waals surface area contributed by atoms with E-state index >= 15 is 0 Å². The van der Waals surface area contributed by atoms with E-state index in [1.54, 1.807) is 0 Å². The Hall–Kier alpha value is -14.3. The van der Waals surface area contributed by atoms with Crippen LogP contribution < -0.4 is 0 Å². The molecule has 110 heavy (non-hydrogen) atoms. The van der Waals surface area contributed by atoms with Gasteiger partial charge in [0, 0.05) is 107 Å². The number of nitrogens with zero attached hydrogens (tertiary/aromatic N) is 4. The fraction of sp³-hybridized carbons (Fsp3) is 0. The van der Waals surface area contributed by atoms with Crippen LogP contribution in [0, 0.1) is 0 Å². The van der Waals surface area contributed by atoms with Crippen molar-refractivity contribution < 1.29 is 4.42 Å². The van der Waals surface area contributed by atoms with Crippen molar-refractivity contribution >= 4 is 195 Å². The quantitative estimate of drug-likeness (QED) is 0.156. The monoisotopic (exact) mass is 1410 g/mol. The predicted molar refractivity (Wildman–Crippen MR) is 467 cm³/mol. The van der Waals surface area contributed by atoms with Gasteiger partial charge in [0.15, 0.2) is 0 Å². The van der Waals surface area contributed by atoms with Gasteiger partial charge in [0.2, 0.25) is 0 Å². The van der Waals surface area contributed by atoms with Crippen molar-refractivity contribution in [2.75, 3.05) is 0 Å². The fourth-order valence-electron chi connectivity index (χ4n) is 19.8. The maximum absolute atomic E-state index is 6.92. The molecule has 0 aliphatic carbocycles. The Kier molecular flexibility index (Phi) is 11.6. The summed E-state index contributed by atoms with van der Waals surface area (Å²) in [6.45, 7) is 0. The van der Waals surface area contributed by atoms with E-state index in [0.29, 0.717) is 0 Å². The van der Waals surface area contributed by atoms with Crippen LogP contribution in [0.3, 0.4) is 0 Å². The van der Waals surface area contributed by atoms with Crippen LogP contribution in [-0.2, 0) is 0 Å². The SMILES string of the molecule is c1ccc(-c2ccc3c4cc5c(c6ccccc6n5-c5cc(-c6ccc7ccc(-c8ccc9c%10c%11c%12ccccc%12n(-c%12cc(-c%13ccc%14ccccc%14c%13)c%13c(c%12)oc%12ccccc%12%13)c%11cc%11c%12ccc(-c%13ccccc%13)cc%12n(c9c8)c%11%10)cc7c6)c6c(c5)sc5ccccc56)c5c6ccccc6n(c3c2)c45)cc1. The Bertz CT molecular complexity index is 8530. The lowest BCUT2D eigenvalue weighted by Gasteiger charge is -2.14. The molecule has 0 bridgehead atoms. The van der Waals surface area contributed by atoms with Crippen LogP contribution in [0.1, 0.15) is 0 Å². The maximum Gasteiger partial charge on any atom is 0.138 e. The number of benzene rings is 18. The summed E-state index contributed by atoms with van der Waals surface area (Å²) in [4.78, 5) is 0. The number of thiophene rings is 1. The summed E-state index contributed by atoms with van der Waals surface area (Å²) in [6.07, 6.45) is 0. The van der Waals surface area contributed by atoms with Crippen molar-refractivity contribution in [1.82, 2.24) is 17.9 Å². The van der Waals surface area contributed by atoms with Crippen LogP contribution in [0.15, 0.2) is 356 Å². The normalized spacial score (nSPS) is 12.5. The first kappa shape index (κ1) is 58.9. The van der Waals surface area contributed by atoms with Crippen LogP contribution >= 0.6 is 11.3 Å². The van der Waals surface area contributed by atoms with Crippen LogP contribution in [0.25, 0.3) is 250 Å². The van der Waals surface area contributed by atoms with Gasteiger partial charge in [-0.2, -0.15) is 0 Å². The second kappa shape index (κ2) is 21.7. The largest absolute Gasteiger partial charge is 0.456 e. The third kappa shape index (κ3) is 7.98. The Morgan fingerprint density at radius 3 is 1.26 bits per heavy atom. The number of para-hydroxylation sites is 4. The van der Waals surface area contributed by atoms with Crippen molar-refractivity contribution in [2.24, 2.45) is 0 Å². The third-order valence-electron chi connectivity index (χ3n) is 24.5. The van der Waals surface area contributed by atoms with Crippen molar-refractivity contribution in [3.8, 4) is 67.0 Å². The van der Waals surface area contributed by atoms with Gasteiger partial charge in [-0.05, 0) is 174 Å². The Morgan fingerprint density at radius 1 is 0.200 bits per heavy atom. The number of hydrogen-bond donors (Lipinski definition) is 0. The van der Waals surface area contributed by atoms with E-state index in [1.165, 1.54) is 189 Å². The molecule has 0 unspecified atom stereocenters. The van der Waals surface area contributed by atoms with Crippen molar-refractivity contribution in [2.45, 2.75) is 0 Å². The van der Waals surface area contributed by atoms with Crippen LogP contribution in [-0.4, -0.2) is 17.9 Å². The molecule has 506 valence electrons. The maximum atomic E-state index is 6.92. The average molecular weight is 1410 g/mol. The molecule has 8 aromatic heterocycles. The number of fused-ring (bicyclic) bond motifs is 28. The van der Waals surface area contributed by atoms with E-state index in [2.05, 4.69) is 370 Å². The van der Waals surface area contributed by atoms with Gasteiger partial charge in [-0.1, -0.05) is 249 Å². The summed E-state index contributed by atoms with van der Waals surface area (Å²) < 4.78 is 19.7. The molecule has 0 aliphatic rings. The Morgan fingerprint density at radius 2 is 0.627 bits per heavy atom. The molecule has 5 nitrogen and oxygen atoms in total. The highest BCUT2D eigenvalue weighted by molar-refractivity contribution is 7.26. The van der Waals surface area contributed by atoms with E-state index in [-0.39, 0.29) is 0 Å². The molecule has 6 heteroatoms. The van der Waals surface area contributed by atoms with Gasteiger partial charge >= 0.3 is 0 Å². The minimum atomic E-state index is 0.861. The van der Waals surface area contributed by atoms with E-state index in [1.807, 2.05) is 11.3 Å². The summed E-state index contributed by atoms with van der Waals surface area (Å²) in [6, 6.07) is 132. The average Bonchev–Trinajstić information content (AvgIpc) is 1.52. The first-order valence-corrected chi connectivity index (χ1v) is 38.7. The second-order valence-corrected chi connectivity index (χ2v) is 31.3. The molecule has 0 N–H and O–H groups in total. The highest BCUT2D eigenvalue weighted by atomic mass is 32.1. The lowest BCUT2D eigenvalue weighted by Crippen LogP contribution is -1.95. The first-order chi connectivity index (χ1) is 54.5. The summed E-state index contributed by atoms with van der Waals surface area (Å²) in [5.41, 5.74) is 27.8. The molecule has 0 saturated carbocycles.